The van der Waals surface area contributed by atoms with Crippen LogP contribution >= 0.6 is 11.6 Å². The fraction of sp³-hybridized carbons (Fsp3) is 0.381. The molecule has 2 N–H and O–H groups in total. The summed E-state index contributed by atoms with van der Waals surface area (Å²) >= 11 is 5.84. The monoisotopic (exact) mass is 482 g/mol. The first kappa shape index (κ1) is 24.0. The quantitative estimate of drug-likeness (QED) is 0.392. The zero-order chi connectivity index (χ0) is 23.3. The number of nitrogens with one attached hydrogen (secondary N) is 1. The summed E-state index contributed by atoms with van der Waals surface area (Å²) in [6.07, 6.45) is 2.11. The number of hydrogen-bond acceptors (Lipinski definition) is 6. The van der Waals surface area contributed by atoms with Crippen LogP contribution in [-0.4, -0.2) is 37.2 Å². The first-order valence-electron chi connectivity index (χ1n) is 10.0. The Bertz CT molecular complexity index is 1100. The van der Waals surface area contributed by atoms with Gasteiger partial charge in [-0.3, -0.25) is 4.79 Å². The molecule has 0 amide bonds. The van der Waals surface area contributed by atoms with Crippen molar-refractivity contribution in [2.45, 2.75) is 49.5 Å². The lowest BCUT2D eigenvalue weighted by Gasteiger charge is -2.28. The lowest BCUT2D eigenvalue weighted by molar-refractivity contribution is -0.757. The molecule has 1 aliphatic rings. The van der Waals surface area contributed by atoms with E-state index in [9.17, 15) is 23.3 Å². The largest absolute Gasteiger partial charge is 0.481 e. The smallest absolute Gasteiger partial charge is 0.303 e. The molecule has 2 aromatic carbocycles. The average molecular weight is 483 g/mol. The highest BCUT2D eigenvalue weighted by Crippen LogP contribution is 2.29. The maximum absolute atomic E-state index is 12.7. The Morgan fingerprint density at radius 2 is 1.94 bits per heavy atom. The minimum Gasteiger partial charge on any atom is -0.481 e. The summed E-state index contributed by atoms with van der Waals surface area (Å²) in [6.45, 7) is -0.116. The van der Waals surface area contributed by atoms with Gasteiger partial charge in [0.15, 0.2) is 0 Å². The summed E-state index contributed by atoms with van der Waals surface area (Å²) in [7, 11) is -3.71. The van der Waals surface area contributed by atoms with E-state index in [0.29, 0.717) is 30.7 Å². The second-order valence-electron chi connectivity index (χ2n) is 7.56. The number of benzene rings is 2. The number of fused-ring (bicyclic) bond motifs is 1. The summed E-state index contributed by atoms with van der Waals surface area (Å²) < 4.78 is 28.2. The SMILES string of the molecule is O=C(O)CCc1c(CCO[N+](=O)[O-])ccc2c1CCC(NS(=O)(=O)c1ccc(Cl)cc1)C2. The van der Waals surface area contributed by atoms with Crippen molar-refractivity contribution in [2.24, 2.45) is 0 Å². The number of carbonyl (C=O) groups is 1. The van der Waals surface area contributed by atoms with Crippen molar-refractivity contribution in [3.05, 3.63) is 73.8 Å². The zero-order valence-electron chi connectivity index (χ0n) is 17.1. The van der Waals surface area contributed by atoms with Crippen LogP contribution in [0.1, 0.15) is 35.1 Å². The van der Waals surface area contributed by atoms with Crippen LogP contribution < -0.4 is 4.72 Å². The number of halogens is 1. The molecule has 1 aliphatic carbocycles. The summed E-state index contributed by atoms with van der Waals surface area (Å²) in [4.78, 5) is 26.1. The van der Waals surface area contributed by atoms with Crippen LogP contribution in [0.15, 0.2) is 41.3 Å². The van der Waals surface area contributed by atoms with Gasteiger partial charge >= 0.3 is 5.97 Å². The molecule has 0 aliphatic heterocycles. The molecule has 0 saturated carbocycles. The van der Waals surface area contributed by atoms with Crippen LogP contribution in [0.3, 0.4) is 0 Å². The van der Waals surface area contributed by atoms with Crippen LogP contribution in [0.2, 0.25) is 5.02 Å². The molecular formula is C21H23ClN2O7S. The van der Waals surface area contributed by atoms with Gasteiger partial charge in [-0.1, -0.05) is 23.7 Å². The minimum atomic E-state index is -3.71. The van der Waals surface area contributed by atoms with Crippen molar-refractivity contribution in [2.75, 3.05) is 6.61 Å². The summed E-state index contributed by atoms with van der Waals surface area (Å²) in [6, 6.07) is 9.32. The fourth-order valence-electron chi connectivity index (χ4n) is 3.99. The van der Waals surface area contributed by atoms with Crippen molar-refractivity contribution < 1.29 is 28.2 Å². The molecule has 1 atom stereocenters. The van der Waals surface area contributed by atoms with E-state index < -0.39 is 21.1 Å². The molecular weight excluding hydrogens is 460 g/mol. The molecule has 11 heteroatoms. The van der Waals surface area contributed by atoms with Gasteiger partial charge in [-0.2, -0.15) is 0 Å². The Hall–Kier alpha value is -2.69. The van der Waals surface area contributed by atoms with Crippen molar-refractivity contribution >= 4 is 27.6 Å². The number of hydrogen-bond donors (Lipinski definition) is 2. The highest BCUT2D eigenvalue weighted by Gasteiger charge is 2.26. The van der Waals surface area contributed by atoms with Crippen molar-refractivity contribution in [3.63, 3.8) is 0 Å². The minimum absolute atomic E-state index is 0.0633. The highest BCUT2D eigenvalue weighted by atomic mass is 35.5. The normalized spacial score (nSPS) is 15.7. The number of nitrogens with zero attached hydrogens (tertiary/aromatic N) is 1. The summed E-state index contributed by atoms with van der Waals surface area (Å²) in [5.41, 5.74) is 3.61. The Balaban J connectivity index is 1.79. The van der Waals surface area contributed by atoms with Gasteiger partial charge in [0.1, 0.15) is 6.61 Å². The Kier molecular flexibility index (Phi) is 7.70. The van der Waals surface area contributed by atoms with Crippen LogP contribution in [0.5, 0.6) is 0 Å². The van der Waals surface area contributed by atoms with Gasteiger partial charge in [0, 0.05) is 17.5 Å². The molecule has 32 heavy (non-hydrogen) atoms. The standard InChI is InChI=1S/C21H23ClN2O7S/c22-16-3-6-18(7-4-16)32(29,30)23-17-5-8-20-15(13-17)2-1-14(11-12-31-24(27)28)19(20)9-10-21(25)26/h1-4,6-7,17,23H,5,8-13H2,(H,25,26). The zero-order valence-corrected chi connectivity index (χ0v) is 18.7. The van der Waals surface area contributed by atoms with Gasteiger partial charge in [-0.05, 0) is 78.6 Å². The number of carboxylic acid groups (broad SMARTS) is 1. The predicted molar refractivity (Wildman–Crippen MR) is 117 cm³/mol. The lowest BCUT2D eigenvalue weighted by Crippen LogP contribution is -2.39. The van der Waals surface area contributed by atoms with E-state index in [2.05, 4.69) is 9.56 Å². The molecule has 1 unspecified atom stereocenters. The predicted octanol–water partition coefficient (Wildman–Crippen LogP) is 2.94. The van der Waals surface area contributed by atoms with E-state index in [4.69, 9.17) is 16.7 Å². The van der Waals surface area contributed by atoms with Crippen LogP contribution in [0.4, 0.5) is 0 Å². The second kappa shape index (κ2) is 10.3. The van der Waals surface area contributed by atoms with Crippen molar-refractivity contribution in [3.8, 4) is 0 Å². The molecule has 0 bridgehead atoms. The van der Waals surface area contributed by atoms with E-state index in [-0.39, 0.29) is 30.4 Å². The number of carboxylic acids is 1. The number of sulfonamides is 1. The van der Waals surface area contributed by atoms with Gasteiger partial charge in [0.05, 0.1) is 4.90 Å². The van der Waals surface area contributed by atoms with Crippen LogP contribution in [-0.2, 0) is 45.3 Å². The molecule has 2 aromatic rings. The Morgan fingerprint density at radius 3 is 2.59 bits per heavy atom. The van der Waals surface area contributed by atoms with E-state index in [1.54, 1.807) is 0 Å². The topological polar surface area (TPSA) is 136 Å². The second-order valence-corrected chi connectivity index (χ2v) is 9.71. The maximum Gasteiger partial charge on any atom is 0.303 e. The van der Waals surface area contributed by atoms with Crippen molar-refractivity contribution in [1.82, 2.24) is 4.72 Å². The fourth-order valence-corrected chi connectivity index (χ4v) is 5.38. The third-order valence-electron chi connectivity index (χ3n) is 5.44. The van der Waals surface area contributed by atoms with E-state index in [1.807, 2.05) is 12.1 Å². The Labute approximate surface area is 190 Å². The van der Waals surface area contributed by atoms with E-state index in [1.165, 1.54) is 24.3 Å². The van der Waals surface area contributed by atoms with Crippen LogP contribution in [0.25, 0.3) is 0 Å². The molecule has 0 heterocycles. The number of rotatable bonds is 10. The molecule has 0 saturated heterocycles. The number of aliphatic carboxylic acids is 1. The highest BCUT2D eigenvalue weighted by molar-refractivity contribution is 7.89. The Morgan fingerprint density at radius 1 is 1.22 bits per heavy atom. The van der Waals surface area contributed by atoms with Gasteiger partial charge in [-0.15, -0.1) is 10.1 Å². The van der Waals surface area contributed by atoms with Crippen molar-refractivity contribution in [1.29, 1.82) is 0 Å². The average Bonchev–Trinajstić information content (AvgIpc) is 2.72. The summed E-state index contributed by atoms with van der Waals surface area (Å²) in [5.74, 6) is -0.931. The molecule has 3 rings (SSSR count). The third kappa shape index (κ3) is 6.18. The molecule has 0 fully saturated rings. The molecule has 172 valence electrons. The van der Waals surface area contributed by atoms with Gasteiger partial charge in [0.25, 0.3) is 5.09 Å². The van der Waals surface area contributed by atoms with Gasteiger partial charge < -0.3 is 9.94 Å². The molecule has 0 radical (unpaired) electrons. The van der Waals surface area contributed by atoms with Gasteiger partial charge in [-0.25, -0.2) is 13.1 Å². The summed E-state index contributed by atoms with van der Waals surface area (Å²) in [5, 5.41) is 19.1. The van der Waals surface area contributed by atoms with E-state index >= 15 is 0 Å². The first-order chi connectivity index (χ1) is 15.2. The van der Waals surface area contributed by atoms with E-state index in [0.717, 1.165) is 22.3 Å². The maximum atomic E-state index is 12.7. The van der Waals surface area contributed by atoms with Gasteiger partial charge in [0.2, 0.25) is 10.0 Å². The molecule has 0 spiro atoms. The van der Waals surface area contributed by atoms with Crippen LogP contribution in [0, 0.1) is 10.1 Å². The third-order valence-corrected chi connectivity index (χ3v) is 7.23. The lowest BCUT2D eigenvalue weighted by atomic mass is 9.82. The first-order valence-corrected chi connectivity index (χ1v) is 11.9. The molecule has 0 aromatic heterocycles. The molecule has 9 nitrogen and oxygen atoms in total.